The number of hydrogen-bond donors (Lipinski definition) is 1. The third-order valence-corrected chi connectivity index (χ3v) is 5.44. The molecular weight excluding hydrogens is 234 g/mol. The van der Waals surface area contributed by atoms with Crippen LogP contribution in [0.15, 0.2) is 18.2 Å². The first kappa shape index (κ1) is 13.1. The number of rotatable bonds is 4. The van der Waals surface area contributed by atoms with Crippen molar-refractivity contribution in [1.82, 2.24) is 5.32 Å². The van der Waals surface area contributed by atoms with Crippen molar-refractivity contribution < 1.29 is 4.74 Å². The van der Waals surface area contributed by atoms with Gasteiger partial charge in [0.2, 0.25) is 0 Å². The fourth-order valence-corrected chi connectivity index (χ4v) is 4.17. The van der Waals surface area contributed by atoms with Crippen molar-refractivity contribution in [3.05, 3.63) is 34.9 Å². The number of aryl methyl sites for hydroxylation is 2. The van der Waals surface area contributed by atoms with Gasteiger partial charge in [-0.25, -0.2) is 0 Å². The summed E-state index contributed by atoms with van der Waals surface area (Å²) in [7, 11) is 2.08. The minimum atomic E-state index is 0.256. The summed E-state index contributed by atoms with van der Waals surface area (Å²) in [5, 5.41) is 3.43. The van der Waals surface area contributed by atoms with Crippen LogP contribution < -0.4 is 5.32 Å². The van der Waals surface area contributed by atoms with E-state index in [-0.39, 0.29) is 5.41 Å². The fraction of sp³-hybridized carbons (Fsp3) is 0.647. The van der Waals surface area contributed by atoms with Gasteiger partial charge in [-0.1, -0.05) is 30.2 Å². The van der Waals surface area contributed by atoms with Crippen LogP contribution in [0.5, 0.6) is 0 Å². The summed E-state index contributed by atoms with van der Waals surface area (Å²) < 4.78 is 5.68. The Balaban J connectivity index is 2.03. The molecule has 104 valence electrons. The van der Waals surface area contributed by atoms with Crippen molar-refractivity contribution in [2.24, 2.45) is 5.41 Å². The predicted molar refractivity (Wildman–Crippen MR) is 78.6 cm³/mol. The van der Waals surface area contributed by atoms with Gasteiger partial charge >= 0.3 is 0 Å². The van der Waals surface area contributed by atoms with Crippen molar-refractivity contribution >= 4 is 0 Å². The highest BCUT2D eigenvalue weighted by Gasteiger charge is 2.59. The summed E-state index contributed by atoms with van der Waals surface area (Å²) in [6, 6.07) is 6.93. The van der Waals surface area contributed by atoms with E-state index in [0.717, 1.165) is 19.8 Å². The van der Waals surface area contributed by atoms with E-state index in [2.05, 4.69) is 44.4 Å². The highest BCUT2D eigenvalue weighted by Crippen LogP contribution is 2.58. The van der Waals surface area contributed by atoms with Crippen LogP contribution in [0.3, 0.4) is 0 Å². The largest absolute Gasteiger partial charge is 0.379 e. The highest BCUT2D eigenvalue weighted by atomic mass is 16.5. The van der Waals surface area contributed by atoms with E-state index in [0.29, 0.717) is 5.41 Å². The van der Waals surface area contributed by atoms with Gasteiger partial charge in [0.15, 0.2) is 0 Å². The van der Waals surface area contributed by atoms with Crippen molar-refractivity contribution in [2.45, 2.75) is 38.5 Å². The Bertz CT molecular complexity index is 472. The van der Waals surface area contributed by atoms with E-state index in [1.807, 2.05) is 0 Å². The van der Waals surface area contributed by atoms with Gasteiger partial charge in [0.25, 0.3) is 0 Å². The van der Waals surface area contributed by atoms with Crippen LogP contribution in [0.25, 0.3) is 0 Å². The zero-order chi connectivity index (χ0) is 13.5. The van der Waals surface area contributed by atoms with E-state index in [1.165, 1.54) is 36.0 Å². The Morgan fingerprint density at radius 2 is 1.95 bits per heavy atom. The standard InChI is InChI=1S/C17H25NO/c1-13-5-6-15(14(2)9-13)17(11-19-12-17)16(10-18-3)7-4-8-16/h5-6,9,18H,4,7-8,10-12H2,1-3H3. The normalized spacial score (nSPS) is 23.5. The van der Waals surface area contributed by atoms with E-state index < -0.39 is 0 Å². The number of nitrogens with one attached hydrogen (secondary N) is 1. The van der Waals surface area contributed by atoms with E-state index in [1.54, 1.807) is 0 Å². The zero-order valence-electron chi connectivity index (χ0n) is 12.4. The van der Waals surface area contributed by atoms with Gasteiger partial charge in [0, 0.05) is 12.0 Å². The lowest BCUT2D eigenvalue weighted by Gasteiger charge is -2.61. The lowest BCUT2D eigenvalue weighted by molar-refractivity contribution is -0.156. The van der Waals surface area contributed by atoms with Crippen LogP contribution in [0, 0.1) is 19.3 Å². The van der Waals surface area contributed by atoms with Gasteiger partial charge in [0.05, 0.1) is 13.2 Å². The zero-order valence-corrected chi connectivity index (χ0v) is 12.4. The minimum Gasteiger partial charge on any atom is -0.379 e. The molecule has 0 spiro atoms. The molecule has 1 saturated heterocycles. The third-order valence-electron chi connectivity index (χ3n) is 5.44. The smallest absolute Gasteiger partial charge is 0.0591 e. The van der Waals surface area contributed by atoms with Crippen molar-refractivity contribution in [1.29, 1.82) is 0 Å². The van der Waals surface area contributed by atoms with Gasteiger partial charge in [-0.3, -0.25) is 0 Å². The molecule has 0 atom stereocenters. The molecule has 2 aliphatic rings. The quantitative estimate of drug-likeness (QED) is 0.897. The second kappa shape index (κ2) is 4.60. The molecule has 1 aromatic carbocycles. The Labute approximate surface area is 116 Å². The second-order valence-corrected chi connectivity index (χ2v) is 6.56. The SMILES string of the molecule is CNCC1(C2(c3ccc(C)cc3C)COC2)CCC1. The first-order valence-electron chi connectivity index (χ1n) is 7.44. The molecule has 1 aromatic rings. The van der Waals surface area contributed by atoms with Gasteiger partial charge < -0.3 is 10.1 Å². The van der Waals surface area contributed by atoms with Crippen LogP contribution in [0.1, 0.15) is 36.0 Å². The highest BCUT2D eigenvalue weighted by molar-refractivity contribution is 5.41. The number of benzene rings is 1. The second-order valence-electron chi connectivity index (χ2n) is 6.56. The Morgan fingerprint density at radius 1 is 1.21 bits per heavy atom. The molecule has 0 aromatic heterocycles. The van der Waals surface area contributed by atoms with Crippen molar-refractivity contribution in [2.75, 3.05) is 26.8 Å². The minimum absolute atomic E-state index is 0.256. The molecule has 1 N–H and O–H groups in total. The van der Waals surface area contributed by atoms with Crippen molar-refractivity contribution in [3.63, 3.8) is 0 Å². The van der Waals surface area contributed by atoms with Gasteiger partial charge in [0.1, 0.15) is 0 Å². The summed E-state index contributed by atoms with van der Waals surface area (Å²) in [5.74, 6) is 0. The molecule has 1 saturated carbocycles. The molecule has 2 heteroatoms. The number of hydrogen-bond acceptors (Lipinski definition) is 2. The Kier molecular flexibility index (Phi) is 3.18. The summed E-state index contributed by atoms with van der Waals surface area (Å²) in [6.45, 7) is 7.35. The molecule has 2 nitrogen and oxygen atoms in total. The summed E-state index contributed by atoms with van der Waals surface area (Å²) in [4.78, 5) is 0. The lowest BCUT2D eigenvalue weighted by Crippen LogP contribution is -2.64. The molecule has 3 rings (SSSR count). The first-order valence-corrected chi connectivity index (χ1v) is 7.44. The van der Waals surface area contributed by atoms with Crippen LogP contribution in [-0.2, 0) is 10.2 Å². The van der Waals surface area contributed by atoms with Crippen LogP contribution in [0.2, 0.25) is 0 Å². The predicted octanol–water partition coefficient (Wildman–Crippen LogP) is 2.96. The maximum absolute atomic E-state index is 5.68. The van der Waals surface area contributed by atoms with Gasteiger partial charge in [-0.15, -0.1) is 0 Å². The fourth-order valence-electron chi connectivity index (χ4n) is 4.17. The van der Waals surface area contributed by atoms with Gasteiger partial charge in [-0.05, 0) is 50.3 Å². The maximum Gasteiger partial charge on any atom is 0.0591 e. The van der Waals surface area contributed by atoms with Crippen LogP contribution in [-0.4, -0.2) is 26.8 Å². The first-order chi connectivity index (χ1) is 9.13. The molecule has 19 heavy (non-hydrogen) atoms. The molecule has 1 heterocycles. The molecule has 0 radical (unpaired) electrons. The maximum atomic E-state index is 5.68. The van der Waals surface area contributed by atoms with E-state index >= 15 is 0 Å². The topological polar surface area (TPSA) is 21.3 Å². The summed E-state index contributed by atoms with van der Waals surface area (Å²) in [6.07, 6.45) is 4.05. The third kappa shape index (κ3) is 1.77. The number of ether oxygens (including phenoxy) is 1. The van der Waals surface area contributed by atoms with E-state index in [4.69, 9.17) is 4.74 Å². The van der Waals surface area contributed by atoms with Crippen LogP contribution in [0.4, 0.5) is 0 Å². The van der Waals surface area contributed by atoms with E-state index in [9.17, 15) is 0 Å². The molecule has 0 amide bonds. The molecule has 1 aliphatic carbocycles. The van der Waals surface area contributed by atoms with Crippen LogP contribution >= 0.6 is 0 Å². The molecule has 0 bridgehead atoms. The molecule has 0 unspecified atom stereocenters. The average Bonchev–Trinajstić information content (AvgIpc) is 2.26. The monoisotopic (exact) mass is 259 g/mol. The van der Waals surface area contributed by atoms with Crippen molar-refractivity contribution in [3.8, 4) is 0 Å². The molecular formula is C17H25NO. The molecule has 2 fully saturated rings. The Hall–Kier alpha value is -0.860. The summed E-state index contributed by atoms with van der Waals surface area (Å²) in [5.41, 5.74) is 4.99. The average molecular weight is 259 g/mol. The molecule has 1 aliphatic heterocycles. The Morgan fingerprint density at radius 3 is 2.37 bits per heavy atom. The lowest BCUT2D eigenvalue weighted by atomic mass is 9.49. The summed E-state index contributed by atoms with van der Waals surface area (Å²) >= 11 is 0. The van der Waals surface area contributed by atoms with Gasteiger partial charge in [-0.2, -0.15) is 0 Å².